The summed E-state index contributed by atoms with van der Waals surface area (Å²) >= 11 is 6.20. The van der Waals surface area contributed by atoms with E-state index >= 15 is 0 Å². The van der Waals surface area contributed by atoms with E-state index in [0.717, 1.165) is 55.7 Å². The third-order valence-corrected chi connectivity index (χ3v) is 5.64. The number of anilines is 2. The van der Waals surface area contributed by atoms with Crippen molar-refractivity contribution in [3.8, 4) is 5.97 Å². The van der Waals surface area contributed by atoms with Crippen molar-refractivity contribution in [2.75, 3.05) is 17.6 Å². The lowest BCUT2D eigenvalue weighted by Crippen LogP contribution is -2.22. The molecule has 0 bridgehead atoms. The number of hydrogen-bond acceptors (Lipinski definition) is 4. The van der Waals surface area contributed by atoms with Gasteiger partial charge in [0.2, 0.25) is 0 Å². The van der Waals surface area contributed by atoms with Gasteiger partial charge in [0.1, 0.15) is 0 Å². The molecule has 0 aromatic carbocycles. The summed E-state index contributed by atoms with van der Waals surface area (Å²) in [5.41, 5.74) is 10.2. The van der Waals surface area contributed by atoms with Crippen LogP contribution < -0.4 is 11.1 Å². The monoisotopic (exact) mass is 330 g/mol. The van der Waals surface area contributed by atoms with E-state index in [-0.39, 0.29) is 6.71 Å². The topological polar surface area (TPSA) is 74.7 Å². The van der Waals surface area contributed by atoms with Crippen LogP contribution in [-0.2, 0) is 12.8 Å². The number of nitrogens with two attached hydrogens (primary N) is 1. The Balaban J connectivity index is 1.60. The number of nitriles is 1. The molecule has 4 nitrogen and oxygen atoms in total. The Labute approximate surface area is 143 Å². The van der Waals surface area contributed by atoms with Crippen molar-refractivity contribution in [3.63, 3.8) is 0 Å². The van der Waals surface area contributed by atoms with Gasteiger partial charge in [-0.2, -0.15) is 0 Å². The summed E-state index contributed by atoms with van der Waals surface area (Å²) in [6.07, 6.45) is 10.0. The molecule has 3 rings (SSSR count). The number of nitrogens with one attached hydrogen (secondary N) is 1. The predicted octanol–water partition coefficient (Wildman–Crippen LogP) is 3.97. The number of halogens is 1. The van der Waals surface area contributed by atoms with Crippen LogP contribution in [0.5, 0.6) is 0 Å². The summed E-state index contributed by atoms with van der Waals surface area (Å²) in [5, 5.41) is 12.9. The van der Waals surface area contributed by atoms with E-state index in [2.05, 4.69) is 16.3 Å². The second kappa shape index (κ2) is 7.44. The average molecular weight is 331 g/mol. The van der Waals surface area contributed by atoms with Gasteiger partial charge in [0.25, 0.3) is 6.71 Å². The van der Waals surface area contributed by atoms with Gasteiger partial charge in [-0.1, -0.05) is 37.1 Å². The second-order valence-corrected chi connectivity index (χ2v) is 7.24. The molecule has 122 valence electrons. The van der Waals surface area contributed by atoms with E-state index in [4.69, 9.17) is 22.6 Å². The number of fused-ring (bicyclic) bond motifs is 1. The van der Waals surface area contributed by atoms with Crippen LogP contribution >= 0.6 is 11.6 Å². The van der Waals surface area contributed by atoms with Crippen molar-refractivity contribution in [1.29, 1.82) is 5.26 Å². The predicted molar refractivity (Wildman–Crippen MR) is 97.1 cm³/mol. The van der Waals surface area contributed by atoms with Crippen molar-refractivity contribution < 1.29 is 0 Å². The summed E-state index contributed by atoms with van der Waals surface area (Å²) in [5.74, 6) is 3.12. The third kappa shape index (κ3) is 3.75. The van der Waals surface area contributed by atoms with Gasteiger partial charge >= 0.3 is 0 Å². The highest BCUT2D eigenvalue weighted by atomic mass is 35.5. The summed E-state index contributed by atoms with van der Waals surface area (Å²) in [6.45, 7) is 1.19. The van der Waals surface area contributed by atoms with Gasteiger partial charge in [-0.15, -0.1) is 0 Å². The maximum atomic E-state index is 8.98. The number of aromatic nitrogens is 1. The first-order valence-electron chi connectivity index (χ1n) is 8.79. The zero-order chi connectivity index (χ0) is 16.2. The van der Waals surface area contributed by atoms with Crippen LogP contribution in [0, 0.1) is 17.1 Å². The summed E-state index contributed by atoms with van der Waals surface area (Å²) < 4.78 is 0. The smallest absolute Gasteiger partial charge is 0.267 e. The minimum Gasteiger partial charge on any atom is -0.395 e. The lowest BCUT2D eigenvalue weighted by atomic mass is 9.41. The highest BCUT2D eigenvalue weighted by molar-refractivity contribution is 6.67. The lowest BCUT2D eigenvalue weighted by Gasteiger charge is -2.25. The Hall–Kier alpha value is -1.41. The van der Waals surface area contributed by atoms with E-state index in [1.165, 1.54) is 31.2 Å². The Morgan fingerprint density at radius 2 is 2.04 bits per heavy atom. The number of pyridine rings is 1. The average Bonchev–Trinajstić information content (AvgIpc) is 2.59. The molecule has 0 radical (unpaired) electrons. The first-order chi connectivity index (χ1) is 11.2. The van der Waals surface area contributed by atoms with E-state index < -0.39 is 0 Å². The van der Waals surface area contributed by atoms with Crippen LogP contribution in [-0.4, -0.2) is 18.2 Å². The minimum absolute atomic E-state index is 0.279. The molecule has 0 saturated carbocycles. The molecular formula is C17H24BClN4. The lowest BCUT2D eigenvalue weighted by molar-refractivity contribution is 0.450. The standard InChI is InChI=1S/C17H24BClN4/c19-17-15(21)16(13-3-1-2-4-14(13)23-17)22-10-7-12-5-8-18(11-20)9-6-12/h12H,1-10,21H2,(H,22,23). The number of rotatable bonds is 4. The first kappa shape index (κ1) is 16.5. The number of aryl methyl sites for hydroxylation is 1. The van der Waals surface area contributed by atoms with Gasteiger partial charge in [0.15, 0.2) is 5.15 Å². The van der Waals surface area contributed by atoms with E-state index in [9.17, 15) is 0 Å². The van der Waals surface area contributed by atoms with Crippen LogP contribution in [0.25, 0.3) is 0 Å². The summed E-state index contributed by atoms with van der Waals surface area (Å²) in [4.78, 5) is 4.46. The summed E-state index contributed by atoms with van der Waals surface area (Å²) in [7, 11) is 0. The minimum atomic E-state index is 0.279. The van der Waals surface area contributed by atoms with Crippen molar-refractivity contribution in [3.05, 3.63) is 16.4 Å². The van der Waals surface area contributed by atoms with Crippen molar-refractivity contribution in [1.82, 2.24) is 4.98 Å². The first-order valence-corrected chi connectivity index (χ1v) is 9.17. The van der Waals surface area contributed by atoms with Gasteiger partial charge in [-0.05, 0) is 43.6 Å². The maximum Gasteiger partial charge on any atom is 0.267 e. The van der Waals surface area contributed by atoms with Crippen LogP contribution in [0.3, 0.4) is 0 Å². The van der Waals surface area contributed by atoms with Crippen LogP contribution in [0.15, 0.2) is 0 Å². The molecule has 1 aliphatic carbocycles. The van der Waals surface area contributed by atoms with Crippen LogP contribution in [0.1, 0.15) is 43.4 Å². The molecule has 0 unspecified atom stereocenters. The molecule has 0 amide bonds. The zero-order valence-corrected chi connectivity index (χ0v) is 14.3. The highest BCUT2D eigenvalue weighted by Gasteiger charge is 2.24. The Morgan fingerprint density at radius 3 is 2.78 bits per heavy atom. The normalized spacial score (nSPS) is 18.3. The molecule has 23 heavy (non-hydrogen) atoms. The van der Waals surface area contributed by atoms with Gasteiger partial charge < -0.3 is 11.1 Å². The van der Waals surface area contributed by atoms with E-state index in [0.29, 0.717) is 10.8 Å². The maximum absolute atomic E-state index is 8.98. The molecular weight excluding hydrogens is 306 g/mol. The third-order valence-electron chi connectivity index (χ3n) is 5.35. The number of nitrogens with zero attached hydrogens (tertiary/aromatic N) is 2. The van der Waals surface area contributed by atoms with Gasteiger partial charge in [0.05, 0.1) is 11.4 Å². The van der Waals surface area contributed by atoms with Gasteiger partial charge in [-0.25, -0.2) is 10.2 Å². The van der Waals surface area contributed by atoms with Gasteiger partial charge in [0, 0.05) is 18.2 Å². The Bertz CT molecular complexity index is 606. The van der Waals surface area contributed by atoms with Crippen molar-refractivity contribution >= 4 is 29.7 Å². The Morgan fingerprint density at radius 1 is 1.30 bits per heavy atom. The quantitative estimate of drug-likeness (QED) is 0.647. The van der Waals surface area contributed by atoms with Crippen LogP contribution in [0.2, 0.25) is 17.8 Å². The van der Waals surface area contributed by atoms with Gasteiger partial charge in [-0.3, -0.25) is 0 Å². The molecule has 1 aromatic heterocycles. The van der Waals surface area contributed by atoms with E-state index in [1.807, 2.05) is 0 Å². The number of nitrogen functional groups attached to an aromatic ring is 1. The SMILES string of the molecule is N#CB1CCC(CCNc2c(N)c(Cl)nc3c2CCCC3)CC1. The molecule has 1 fully saturated rings. The molecule has 1 aromatic rings. The second-order valence-electron chi connectivity index (χ2n) is 6.89. The highest BCUT2D eigenvalue weighted by Crippen LogP contribution is 2.36. The Kier molecular flexibility index (Phi) is 5.32. The molecule has 1 aliphatic heterocycles. The molecule has 6 heteroatoms. The van der Waals surface area contributed by atoms with Crippen molar-refractivity contribution in [2.24, 2.45) is 5.92 Å². The fraction of sp³-hybridized carbons (Fsp3) is 0.647. The molecule has 3 N–H and O–H groups in total. The summed E-state index contributed by atoms with van der Waals surface area (Å²) in [6, 6.07) is 0. The molecule has 2 heterocycles. The fourth-order valence-electron chi connectivity index (χ4n) is 3.91. The van der Waals surface area contributed by atoms with E-state index in [1.54, 1.807) is 0 Å². The molecule has 0 atom stereocenters. The van der Waals surface area contributed by atoms with Crippen molar-refractivity contribution in [2.45, 2.75) is 57.6 Å². The van der Waals surface area contributed by atoms with Crippen LogP contribution in [0.4, 0.5) is 11.4 Å². The zero-order valence-electron chi connectivity index (χ0n) is 13.6. The number of hydrogen-bond donors (Lipinski definition) is 2. The molecule has 2 aliphatic rings. The largest absolute Gasteiger partial charge is 0.395 e. The fourth-order valence-corrected chi connectivity index (χ4v) is 4.11. The molecule has 1 saturated heterocycles. The molecule has 0 spiro atoms.